The zero-order valence-corrected chi connectivity index (χ0v) is 15.3. The fourth-order valence-electron chi connectivity index (χ4n) is 3.76. The van der Waals surface area contributed by atoms with E-state index in [0.717, 1.165) is 43.7 Å². The summed E-state index contributed by atoms with van der Waals surface area (Å²) in [6.45, 7) is 11.3. The third-order valence-corrected chi connectivity index (χ3v) is 5.29. The fraction of sp³-hybridized carbons (Fsp3) is 0.476. The molecule has 128 valence electrons. The first-order valence-corrected chi connectivity index (χ1v) is 8.82. The summed E-state index contributed by atoms with van der Waals surface area (Å²) in [5, 5.41) is 11.0. The Morgan fingerprint density at radius 2 is 1.62 bits per heavy atom. The lowest BCUT2D eigenvalue weighted by Crippen LogP contribution is -2.42. The molecule has 0 unspecified atom stereocenters. The summed E-state index contributed by atoms with van der Waals surface area (Å²) in [4.78, 5) is 6.90. The number of hydrogen-bond acceptors (Lipinski definition) is 3. The van der Waals surface area contributed by atoms with Crippen LogP contribution in [-0.2, 0) is 12.1 Å². The molecule has 1 aliphatic heterocycles. The highest BCUT2D eigenvalue weighted by molar-refractivity contribution is 5.37. The van der Waals surface area contributed by atoms with Crippen LogP contribution in [0.15, 0.2) is 30.5 Å². The van der Waals surface area contributed by atoms with Gasteiger partial charge in [0.2, 0.25) is 0 Å². The van der Waals surface area contributed by atoms with E-state index >= 15 is 0 Å². The molecule has 0 saturated carbocycles. The first kappa shape index (κ1) is 17.1. The molecule has 1 N–H and O–H groups in total. The molecular formula is C21H28N2O. The number of aliphatic hydroxyl groups is 1. The van der Waals surface area contributed by atoms with Gasteiger partial charge in [0.05, 0.1) is 5.69 Å². The first-order valence-electron chi connectivity index (χ1n) is 8.82. The SMILES string of the molecule is Cc1ccc(C2(O)CCN(Cc3c(C)cc(C)cc3C)CC2)nc1. The van der Waals surface area contributed by atoms with Crippen LogP contribution in [0.2, 0.25) is 0 Å². The Morgan fingerprint density at radius 1 is 1.00 bits per heavy atom. The average Bonchev–Trinajstić information content (AvgIpc) is 2.53. The van der Waals surface area contributed by atoms with Gasteiger partial charge in [0.25, 0.3) is 0 Å². The molecule has 0 bridgehead atoms. The van der Waals surface area contributed by atoms with Gasteiger partial charge in [0, 0.05) is 25.8 Å². The van der Waals surface area contributed by atoms with Crippen molar-refractivity contribution in [2.24, 2.45) is 0 Å². The molecule has 0 atom stereocenters. The van der Waals surface area contributed by atoms with Crippen molar-refractivity contribution in [2.45, 2.75) is 52.7 Å². The maximum atomic E-state index is 11.0. The molecule has 1 saturated heterocycles. The van der Waals surface area contributed by atoms with E-state index in [-0.39, 0.29) is 0 Å². The molecule has 2 heterocycles. The number of nitrogens with zero attached hydrogens (tertiary/aromatic N) is 2. The lowest BCUT2D eigenvalue weighted by Gasteiger charge is -2.38. The monoisotopic (exact) mass is 324 g/mol. The van der Waals surface area contributed by atoms with Crippen molar-refractivity contribution in [3.63, 3.8) is 0 Å². The normalized spacial score (nSPS) is 17.9. The zero-order chi connectivity index (χ0) is 17.3. The third-order valence-electron chi connectivity index (χ3n) is 5.29. The Kier molecular flexibility index (Phi) is 4.75. The molecule has 1 aromatic carbocycles. The molecule has 2 aromatic rings. The number of benzene rings is 1. The molecule has 3 rings (SSSR count). The summed E-state index contributed by atoms with van der Waals surface area (Å²) in [5.74, 6) is 0. The van der Waals surface area contributed by atoms with Crippen LogP contribution in [0, 0.1) is 27.7 Å². The second kappa shape index (κ2) is 6.66. The van der Waals surface area contributed by atoms with Crippen LogP contribution < -0.4 is 0 Å². The van der Waals surface area contributed by atoms with Crippen molar-refractivity contribution in [1.29, 1.82) is 0 Å². The van der Waals surface area contributed by atoms with Gasteiger partial charge in [-0.15, -0.1) is 0 Å². The summed E-state index contributed by atoms with van der Waals surface area (Å²) in [7, 11) is 0. The van der Waals surface area contributed by atoms with Gasteiger partial charge in [0.15, 0.2) is 0 Å². The van der Waals surface area contributed by atoms with E-state index in [0.29, 0.717) is 0 Å². The smallest absolute Gasteiger partial charge is 0.109 e. The number of piperidine rings is 1. The lowest BCUT2D eigenvalue weighted by molar-refractivity contribution is -0.0311. The van der Waals surface area contributed by atoms with Crippen LogP contribution in [0.25, 0.3) is 0 Å². The van der Waals surface area contributed by atoms with Gasteiger partial charge in [-0.1, -0.05) is 23.8 Å². The highest BCUT2D eigenvalue weighted by Gasteiger charge is 2.35. The average molecular weight is 324 g/mol. The van der Waals surface area contributed by atoms with Crippen molar-refractivity contribution in [2.75, 3.05) is 13.1 Å². The number of aromatic nitrogens is 1. The quantitative estimate of drug-likeness (QED) is 0.933. The minimum absolute atomic E-state index is 0.743. The first-order chi connectivity index (χ1) is 11.4. The number of hydrogen-bond donors (Lipinski definition) is 1. The Hall–Kier alpha value is -1.71. The van der Waals surface area contributed by atoms with E-state index in [4.69, 9.17) is 0 Å². The molecule has 1 fully saturated rings. The molecule has 3 heteroatoms. The highest BCUT2D eigenvalue weighted by Crippen LogP contribution is 2.32. The summed E-state index contributed by atoms with van der Waals surface area (Å²) in [6, 6.07) is 8.53. The minimum atomic E-state index is -0.776. The van der Waals surface area contributed by atoms with Gasteiger partial charge in [-0.2, -0.15) is 0 Å². The zero-order valence-electron chi connectivity index (χ0n) is 15.3. The second-order valence-electron chi connectivity index (χ2n) is 7.41. The number of likely N-dealkylation sites (tertiary alicyclic amines) is 1. The van der Waals surface area contributed by atoms with Crippen molar-refractivity contribution in [3.05, 3.63) is 64.0 Å². The molecule has 1 aliphatic rings. The van der Waals surface area contributed by atoms with E-state index in [1.54, 1.807) is 0 Å². The number of pyridine rings is 1. The summed E-state index contributed by atoms with van der Waals surface area (Å²) >= 11 is 0. The molecule has 0 spiro atoms. The van der Waals surface area contributed by atoms with Crippen LogP contribution in [0.4, 0.5) is 0 Å². The number of rotatable bonds is 3. The van der Waals surface area contributed by atoms with Crippen LogP contribution in [-0.4, -0.2) is 28.1 Å². The van der Waals surface area contributed by atoms with Gasteiger partial charge >= 0.3 is 0 Å². The fourth-order valence-corrected chi connectivity index (χ4v) is 3.76. The van der Waals surface area contributed by atoms with Crippen molar-refractivity contribution >= 4 is 0 Å². The van der Waals surface area contributed by atoms with Crippen molar-refractivity contribution in [3.8, 4) is 0 Å². The molecule has 3 nitrogen and oxygen atoms in total. The molecule has 0 amide bonds. The van der Waals surface area contributed by atoms with Crippen LogP contribution in [0.3, 0.4) is 0 Å². The predicted molar refractivity (Wildman–Crippen MR) is 98.0 cm³/mol. The Morgan fingerprint density at radius 3 is 2.17 bits per heavy atom. The van der Waals surface area contributed by atoms with Gasteiger partial charge in [-0.3, -0.25) is 9.88 Å². The van der Waals surface area contributed by atoms with Gasteiger partial charge in [0.1, 0.15) is 5.60 Å². The van der Waals surface area contributed by atoms with Crippen molar-refractivity contribution < 1.29 is 5.11 Å². The Labute approximate surface area is 145 Å². The van der Waals surface area contributed by atoms with E-state index in [1.165, 1.54) is 22.3 Å². The maximum absolute atomic E-state index is 11.0. The Balaban J connectivity index is 1.68. The van der Waals surface area contributed by atoms with Gasteiger partial charge in [-0.25, -0.2) is 0 Å². The van der Waals surface area contributed by atoms with Crippen LogP contribution in [0.5, 0.6) is 0 Å². The molecule has 1 aromatic heterocycles. The van der Waals surface area contributed by atoms with E-state index < -0.39 is 5.60 Å². The molecule has 0 aliphatic carbocycles. The van der Waals surface area contributed by atoms with Crippen LogP contribution >= 0.6 is 0 Å². The topological polar surface area (TPSA) is 36.4 Å². The van der Waals surface area contributed by atoms with Gasteiger partial charge < -0.3 is 5.11 Å². The Bertz CT molecular complexity index is 690. The van der Waals surface area contributed by atoms with Crippen molar-refractivity contribution in [1.82, 2.24) is 9.88 Å². The predicted octanol–water partition coefficient (Wildman–Crippen LogP) is 3.80. The van der Waals surface area contributed by atoms with E-state index in [9.17, 15) is 5.11 Å². The maximum Gasteiger partial charge on any atom is 0.109 e. The third kappa shape index (κ3) is 3.52. The van der Waals surface area contributed by atoms with Crippen LogP contribution in [0.1, 0.15) is 46.4 Å². The lowest BCUT2D eigenvalue weighted by atomic mass is 9.87. The van der Waals surface area contributed by atoms with Gasteiger partial charge in [-0.05, 0) is 68.9 Å². The standard InChI is InChI=1S/C21H28N2O/c1-15-5-6-20(22-13-15)21(24)7-9-23(10-8-21)14-19-17(3)11-16(2)12-18(19)4/h5-6,11-13,24H,7-10,14H2,1-4H3. The van der Waals surface area contributed by atoms with E-state index in [2.05, 4.69) is 42.8 Å². The highest BCUT2D eigenvalue weighted by atomic mass is 16.3. The molecular weight excluding hydrogens is 296 g/mol. The molecule has 0 radical (unpaired) electrons. The molecule has 24 heavy (non-hydrogen) atoms. The summed E-state index contributed by atoms with van der Waals surface area (Å²) in [6.07, 6.45) is 3.33. The summed E-state index contributed by atoms with van der Waals surface area (Å²) < 4.78 is 0. The van der Waals surface area contributed by atoms with E-state index in [1.807, 2.05) is 25.3 Å². The minimum Gasteiger partial charge on any atom is -0.383 e. The second-order valence-corrected chi connectivity index (χ2v) is 7.41. The summed E-state index contributed by atoms with van der Waals surface area (Å²) in [5.41, 5.74) is 6.66. The number of aryl methyl sites for hydroxylation is 4. The largest absolute Gasteiger partial charge is 0.383 e.